The number of fused-ring (bicyclic) bond motifs is 1. The Morgan fingerprint density at radius 3 is 2.95 bits per heavy atom. The zero-order chi connectivity index (χ0) is 14.1. The Balaban J connectivity index is 1.87. The largest absolute Gasteiger partial charge is 0.497 e. The highest BCUT2D eigenvalue weighted by Gasteiger charge is 2.34. The molecule has 0 spiro atoms. The third-order valence-electron chi connectivity index (χ3n) is 4.51. The van der Waals surface area contributed by atoms with Crippen molar-refractivity contribution in [3.05, 3.63) is 23.8 Å². The maximum atomic E-state index is 12.8. The number of anilines is 1. The van der Waals surface area contributed by atoms with E-state index in [0.29, 0.717) is 5.92 Å². The standard InChI is InChI=1S/C16H22N2O2/c1-11-9-17-10-14(11)16(19)18-7-3-4-12-8-13(20-2)5-6-15(12)18/h5-6,8,11,14,17H,3-4,7,9-10H2,1-2H3/t11-,14-/m1/s1. The number of carbonyl (C=O) groups excluding carboxylic acids is 1. The Labute approximate surface area is 120 Å². The lowest BCUT2D eigenvalue weighted by Crippen LogP contribution is -2.41. The first kappa shape index (κ1) is 13.4. The van der Waals surface area contributed by atoms with Gasteiger partial charge in [0.2, 0.25) is 5.91 Å². The van der Waals surface area contributed by atoms with Gasteiger partial charge in [-0.2, -0.15) is 0 Å². The summed E-state index contributed by atoms with van der Waals surface area (Å²) in [5.41, 5.74) is 2.30. The first-order valence-corrected chi connectivity index (χ1v) is 7.39. The number of ether oxygens (including phenoxy) is 1. The SMILES string of the molecule is COc1ccc2c(c1)CCCN2C(=O)[C@@H]1CNC[C@H]1C. The van der Waals surface area contributed by atoms with E-state index in [1.165, 1.54) is 5.56 Å². The first-order valence-electron chi connectivity index (χ1n) is 7.39. The number of amides is 1. The van der Waals surface area contributed by atoms with Crippen LogP contribution in [0.4, 0.5) is 5.69 Å². The summed E-state index contributed by atoms with van der Waals surface area (Å²) in [6.07, 6.45) is 2.05. The van der Waals surface area contributed by atoms with Crippen LogP contribution in [0.25, 0.3) is 0 Å². The number of nitrogens with one attached hydrogen (secondary N) is 1. The van der Waals surface area contributed by atoms with Gasteiger partial charge < -0.3 is 15.0 Å². The molecule has 1 N–H and O–H groups in total. The molecule has 3 rings (SSSR count). The van der Waals surface area contributed by atoms with Crippen LogP contribution in [-0.2, 0) is 11.2 Å². The molecule has 0 radical (unpaired) electrons. The first-order chi connectivity index (χ1) is 9.70. The van der Waals surface area contributed by atoms with Gasteiger partial charge in [0.15, 0.2) is 0 Å². The number of carbonyl (C=O) groups is 1. The fraction of sp³-hybridized carbons (Fsp3) is 0.562. The van der Waals surface area contributed by atoms with E-state index >= 15 is 0 Å². The second-order valence-corrected chi connectivity index (χ2v) is 5.83. The minimum atomic E-state index is 0.114. The number of methoxy groups -OCH3 is 1. The molecule has 1 fully saturated rings. The van der Waals surface area contributed by atoms with E-state index in [1.54, 1.807) is 7.11 Å². The molecule has 108 valence electrons. The van der Waals surface area contributed by atoms with Crippen LogP contribution in [0.2, 0.25) is 0 Å². The van der Waals surface area contributed by atoms with E-state index in [-0.39, 0.29) is 11.8 Å². The Morgan fingerprint density at radius 2 is 2.25 bits per heavy atom. The number of hydrogen-bond acceptors (Lipinski definition) is 3. The predicted octanol–water partition coefficient (Wildman–Crippen LogP) is 1.83. The summed E-state index contributed by atoms with van der Waals surface area (Å²) in [6, 6.07) is 6.03. The molecule has 1 aromatic rings. The minimum Gasteiger partial charge on any atom is -0.497 e. The summed E-state index contributed by atoms with van der Waals surface area (Å²) in [7, 11) is 1.68. The molecule has 2 aliphatic rings. The molecule has 0 aromatic heterocycles. The van der Waals surface area contributed by atoms with Gasteiger partial charge in [0, 0.05) is 18.8 Å². The quantitative estimate of drug-likeness (QED) is 0.894. The Bertz CT molecular complexity index is 515. The highest BCUT2D eigenvalue weighted by atomic mass is 16.5. The monoisotopic (exact) mass is 274 g/mol. The fourth-order valence-corrected chi connectivity index (χ4v) is 3.27. The number of hydrogen-bond donors (Lipinski definition) is 1. The Morgan fingerprint density at radius 1 is 1.40 bits per heavy atom. The van der Waals surface area contributed by atoms with Gasteiger partial charge in [-0.3, -0.25) is 4.79 Å². The molecule has 1 aromatic carbocycles. The molecule has 0 saturated carbocycles. The van der Waals surface area contributed by atoms with Gasteiger partial charge in [0.25, 0.3) is 0 Å². The van der Waals surface area contributed by atoms with E-state index in [4.69, 9.17) is 4.74 Å². The van der Waals surface area contributed by atoms with Gasteiger partial charge in [0.1, 0.15) is 5.75 Å². The van der Waals surface area contributed by atoms with E-state index in [1.807, 2.05) is 17.0 Å². The van der Waals surface area contributed by atoms with Crippen molar-refractivity contribution in [1.29, 1.82) is 0 Å². The van der Waals surface area contributed by atoms with Crippen molar-refractivity contribution >= 4 is 11.6 Å². The molecule has 1 amide bonds. The molecule has 4 heteroatoms. The van der Waals surface area contributed by atoms with Crippen LogP contribution in [0.15, 0.2) is 18.2 Å². The normalized spacial score (nSPS) is 25.4. The highest BCUT2D eigenvalue weighted by Crippen LogP contribution is 2.32. The maximum Gasteiger partial charge on any atom is 0.231 e. The number of aryl methyl sites for hydroxylation is 1. The summed E-state index contributed by atoms with van der Waals surface area (Å²) in [4.78, 5) is 14.8. The van der Waals surface area contributed by atoms with Crippen LogP contribution >= 0.6 is 0 Å². The maximum absolute atomic E-state index is 12.8. The highest BCUT2D eigenvalue weighted by molar-refractivity contribution is 5.96. The van der Waals surface area contributed by atoms with Crippen molar-refractivity contribution in [1.82, 2.24) is 5.32 Å². The van der Waals surface area contributed by atoms with Crippen molar-refractivity contribution in [2.45, 2.75) is 19.8 Å². The van der Waals surface area contributed by atoms with Crippen LogP contribution in [0.1, 0.15) is 18.9 Å². The molecule has 2 heterocycles. The van der Waals surface area contributed by atoms with Gasteiger partial charge in [-0.1, -0.05) is 6.92 Å². The summed E-state index contributed by atoms with van der Waals surface area (Å²) in [5.74, 6) is 1.68. The zero-order valence-electron chi connectivity index (χ0n) is 12.2. The average molecular weight is 274 g/mol. The van der Waals surface area contributed by atoms with Crippen molar-refractivity contribution in [3.8, 4) is 5.75 Å². The number of benzene rings is 1. The molecule has 1 saturated heterocycles. The van der Waals surface area contributed by atoms with Gasteiger partial charge in [-0.15, -0.1) is 0 Å². The van der Waals surface area contributed by atoms with Crippen molar-refractivity contribution in [2.24, 2.45) is 11.8 Å². The van der Waals surface area contributed by atoms with Crippen LogP contribution in [-0.4, -0.2) is 32.7 Å². The Hall–Kier alpha value is -1.55. The van der Waals surface area contributed by atoms with Gasteiger partial charge in [-0.05, 0) is 49.1 Å². The second-order valence-electron chi connectivity index (χ2n) is 5.83. The van der Waals surface area contributed by atoms with Crippen LogP contribution < -0.4 is 15.0 Å². The molecule has 0 unspecified atom stereocenters. The molecule has 0 aliphatic carbocycles. The molecule has 4 nitrogen and oxygen atoms in total. The zero-order valence-corrected chi connectivity index (χ0v) is 12.2. The number of rotatable bonds is 2. The molecular formula is C16H22N2O2. The smallest absolute Gasteiger partial charge is 0.231 e. The molecule has 20 heavy (non-hydrogen) atoms. The number of nitrogens with zero attached hydrogens (tertiary/aromatic N) is 1. The van der Waals surface area contributed by atoms with E-state index < -0.39 is 0 Å². The lowest BCUT2D eigenvalue weighted by Gasteiger charge is -2.32. The Kier molecular flexibility index (Phi) is 3.66. The van der Waals surface area contributed by atoms with Crippen molar-refractivity contribution in [3.63, 3.8) is 0 Å². The topological polar surface area (TPSA) is 41.6 Å². The molecular weight excluding hydrogens is 252 g/mol. The van der Waals surface area contributed by atoms with Crippen LogP contribution in [0, 0.1) is 11.8 Å². The van der Waals surface area contributed by atoms with Crippen LogP contribution in [0.5, 0.6) is 5.75 Å². The summed E-state index contributed by atoms with van der Waals surface area (Å²) < 4.78 is 5.28. The van der Waals surface area contributed by atoms with Crippen molar-refractivity contribution in [2.75, 3.05) is 31.6 Å². The molecule has 0 bridgehead atoms. The third-order valence-corrected chi connectivity index (χ3v) is 4.51. The van der Waals surface area contributed by atoms with Crippen LogP contribution in [0.3, 0.4) is 0 Å². The fourth-order valence-electron chi connectivity index (χ4n) is 3.27. The predicted molar refractivity (Wildman–Crippen MR) is 79.2 cm³/mol. The summed E-state index contributed by atoms with van der Waals surface area (Å²) in [5, 5.41) is 3.32. The van der Waals surface area contributed by atoms with E-state index in [2.05, 4.69) is 18.3 Å². The third kappa shape index (κ3) is 2.29. The van der Waals surface area contributed by atoms with Gasteiger partial charge in [0.05, 0.1) is 13.0 Å². The molecule has 2 atom stereocenters. The minimum absolute atomic E-state index is 0.114. The average Bonchev–Trinajstić information content (AvgIpc) is 2.91. The van der Waals surface area contributed by atoms with Gasteiger partial charge >= 0.3 is 0 Å². The van der Waals surface area contributed by atoms with E-state index in [9.17, 15) is 4.79 Å². The lowest BCUT2D eigenvalue weighted by molar-refractivity contribution is -0.122. The van der Waals surface area contributed by atoms with Gasteiger partial charge in [-0.25, -0.2) is 0 Å². The lowest BCUT2D eigenvalue weighted by atomic mass is 9.94. The van der Waals surface area contributed by atoms with E-state index in [0.717, 1.165) is 43.9 Å². The summed E-state index contributed by atoms with van der Waals surface area (Å²) >= 11 is 0. The molecule has 2 aliphatic heterocycles. The van der Waals surface area contributed by atoms with Crippen molar-refractivity contribution < 1.29 is 9.53 Å². The summed E-state index contributed by atoms with van der Waals surface area (Å²) in [6.45, 7) is 4.74. The second kappa shape index (κ2) is 5.44.